The molecule has 1 rings (SSSR count). The molecule has 1 aromatic carbocycles. The lowest BCUT2D eigenvalue weighted by Crippen LogP contribution is -2.21. The average molecular weight is 256 g/mol. The highest BCUT2D eigenvalue weighted by molar-refractivity contribution is 9.09. The molecule has 14 heavy (non-hydrogen) atoms. The van der Waals surface area contributed by atoms with Crippen molar-refractivity contribution in [3.8, 4) is 0 Å². The largest absolute Gasteiger partial charge is 0.372 e. The van der Waals surface area contributed by atoms with Crippen LogP contribution in [0.3, 0.4) is 0 Å². The molecule has 0 aliphatic heterocycles. The fraction of sp³-hybridized carbons (Fsp3) is 0.500. The van der Waals surface area contributed by atoms with E-state index in [1.807, 2.05) is 0 Å². The van der Waals surface area contributed by atoms with Crippen molar-refractivity contribution >= 4 is 21.6 Å². The van der Waals surface area contributed by atoms with Crippen molar-refractivity contribution in [3.05, 3.63) is 29.8 Å². The molecule has 0 saturated heterocycles. The Morgan fingerprint density at radius 3 is 2.07 bits per heavy atom. The van der Waals surface area contributed by atoms with Crippen molar-refractivity contribution in [2.45, 2.75) is 20.3 Å². The Hall–Kier alpha value is -0.500. The SMILES string of the molecule is CCN(CC)c1ccc(CCBr)cc1. The molecule has 0 saturated carbocycles. The highest BCUT2D eigenvalue weighted by atomic mass is 79.9. The maximum Gasteiger partial charge on any atom is 0.0366 e. The second-order valence-electron chi connectivity index (χ2n) is 3.28. The molecule has 1 aromatic rings. The monoisotopic (exact) mass is 255 g/mol. The van der Waals surface area contributed by atoms with E-state index in [0.29, 0.717) is 0 Å². The van der Waals surface area contributed by atoms with Crippen LogP contribution in [0.5, 0.6) is 0 Å². The zero-order valence-electron chi connectivity index (χ0n) is 8.96. The minimum absolute atomic E-state index is 1.04. The Morgan fingerprint density at radius 1 is 1.07 bits per heavy atom. The van der Waals surface area contributed by atoms with Gasteiger partial charge in [0.05, 0.1) is 0 Å². The number of rotatable bonds is 5. The Bertz CT molecular complexity index is 252. The molecule has 0 atom stereocenters. The van der Waals surface area contributed by atoms with Gasteiger partial charge in [-0.1, -0.05) is 28.1 Å². The van der Waals surface area contributed by atoms with Crippen molar-refractivity contribution in [2.75, 3.05) is 23.3 Å². The molecule has 0 N–H and O–H groups in total. The van der Waals surface area contributed by atoms with E-state index in [1.165, 1.54) is 11.3 Å². The molecular weight excluding hydrogens is 238 g/mol. The van der Waals surface area contributed by atoms with E-state index in [9.17, 15) is 0 Å². The van der Waals surface area contributed by atoms with E-state index < -0.39 is 0 Å². The molecule has 0 heterocycles. The van der Waals surface area contributed by atoms with Gasteiger partial charge in [-0.15, -0.1) is 0 Å². The molecule has 0 fully saturated rings. The van der Waals surface area contributed by atoms with E-state index >= 15 is 0 Å². The fourth-order valence-corrected chi connectivity index (χ4v) is 2.03. The van der Waals surface area contributed by atoms with Gasteiger partial charge in [-0.05, 0) is 38.0 Å². The van der Waals surface area contributed by atoms with E-state index in [2.05, 4.69) is 58.9 Å². The number of alkyl halides is 1. The Labute approximate surface area is 95.2 Å². The molecule has 0 aliphatic rings. The summed E-state index contributed by atoms with van der Waals surface area (Å²) >= 11 is 3.45. The maximum atomic E-state index is 3.45. The van der Waals surface area contributed by atoms with Gasteiger partial charge in [-0.25, -0.2) is 0 Å². The van der Waals surface area contributed by atoms with Crippen LogP contribution in [0, 0.1) is 0 Å². The Kier molecular flexibility index (Phi) is 5.02. The lowest BCUT2D eigenvalue weighted by atomic mass is 10.1. The zero-order valence-corrected chi connectivity index (χ0v) is 10.5. The molecule has 0 unspecified atom stereocenters. The number of anilines is 1. The van der Waals surface area contributed by atoms with Crippen LogP contribution in [-0.4, -0.2) is 18.4 Å². The predicted octanol–water partition coefficient (Wildman–Crippen LogP) is 3.47. The normalized spacial score (nSPS) is 10.2. The van der Waals surface area contributed by atoms with Crippen molar-refractivity contribution in [2.24, 2.45) is 0 Å². The van der Waals surface area contributed by atoms with Crippen LogP contribution in [0.4, 0.5) is 5.69 Å². The number of nitrogens with zero attached hydrogens (tertiary/aromatic N) is 1. The van der Waals surface area contributed by atoms with Gasteiger partial charge in [-0.2, -0.15) is 0 Å². The molecule has 0 aromatic heterocycles. The minimum Gasteiger partial charge on any atom is -0.372 e. The topological polar surface area (TPSA) is 3.24 Å². The van der Waals surface area contributed by atoms with Crippen molar-refractivity contribution < 1.29 is 0 Å². The summed E-state index contributed by atoms with van der Waals surface area (Å²) in [5, 5.41) is 1.04. The summed E-state index contributed by atoms with van der Waals surface area (Å²) in [5.74, 6) is 0. The summed E-state index contributed by atoms with van der Waals surface area (Å²) in [6.45, 7) is 6.54. The van der Waals surface area contributed by atoms with Gasteiger partial charge in [0.1, 0.15) is 0 Å². The first-order valence-electron chi connectivity index (χ1n) is 5.21. The number of halogens is 1. The number of aryl methyl sites for hydroxylation is 1. The summed E-state index contributed by atoms with van der Waals surface area (Å²) in [7, 11) is 0. The minimum atomic E-state index is 1.04. The van der Waals surface area contributed by atoms with Crippen LogP contribution in [0.2, 0.25) is 0 Å². The molecular formula is C12H18BrN. The van der Waals surface area contributed by atoms with Crippen LogP contribution < -0.4 is 4.90 Å². The molecule has 0 aliphatic carbocycles. The fourth-order valence-electron chi connectivity index (χ4n) is 1.57. The lowest BCUT2D eigenvalue weighted by Gasteiger charge is -2.21. The summed E-state index contributed by atoms with van der Waals surface area (Å²) in [6, 6.07) is 8.86. The smallest absolute Gasteiger partial charge is 0.0366 e. The zero-order chi connectivity index (χ0) is 10.4. The van der Waals surface area contributed by atoms with Crippen LogP contribution in [0.15, 0.2) is 24.3 Å². The maximum absolute atomic E-state index is 3.45. The second-order valence-corrected chi connectivity index (χ2v) is 4.07. The lowest BCUT2D eigenvalue weighted by molar-refractivity contribution is 0.865. The van der Waals surface area contributed by atoms with Gasteiger partial charge < -0.3 is 4.90 Å². The molecule has 1 nitrogen and oxygen atoms in total. The molecule has 0 bridgehead atoms. The number of benzene rings is 1. The van der Waals surface area contributed by atoms with E-state index in [1.54, 1.807) is 0 Å². The van der Waals surface area contributed by atoms with Crippen molar-refractivity contribution in [3.63, 3.8) is 0 Å². The summed E-state index contributed by atoms with van der Waals surface area (Å²) < 4.78 is 0. The van der Waals surface area contributed by atoms with Crippen molar-refractivity contribution in [1.29, 1.82) is 0 Å². The summed E-state index contributed by atoms with van der Waals surface area (Å²) in [6.07, 6.45) is 1.11. The molecule has 0 radical (unpaired) electrons. The Balaban J connectivity index is 2.71. The van der Waals surface area contributed by atoms with Crippen LogP contribution >= 0.6 is 15.9 Å². The average Bonchev–Trinajstić information content (AvgIpc) is 2.23. The van der Waals surface area contributed by atoms with Gasteiger partial charge in [-0.3, -0.25) is 0 Å². The first-order chi connectivity index (χ1) is 6.81. The van der Waals surface area contributed by atoms with Crippen LogP contribution in [0.25, 0.3) is 0 Å². The van der Waals surface area contributed by atoms with Gasteiger partial charge in [0.15, 0.2) is 0 Å². The van der Waals surface area contributed by atoms with Gasteiger partial charge in [0.2, 0.25) is 0 Å². The van der Waals surface area contributed by atoms with Gasteiger partial charge in [0.25, 0.3) is 0 Å². The predicted molar refractivity (Wildman–Crippen MR) is 67.5 cm³/mol. The van der Waals surface area contributed by atoms with Crippen LogP contribution in [-0.2, 0) is 6.42 Å². The Morgan fingerprint density at radius 2 is 1.64 bits per heavy atom. The quantitative estimate of drug-likeness (QED) is 0.729. The summed E-state index contributed by atoms with van der Waals surface area (Å²) in [5.41, 5.74) is 2.73. The first-order valence-corrected chi connectivity index (χ1v) is 6.33. The standard InChI is InChI=1S/C12H18BrN/c1-3-14(4-2)12-7-5-11(6-8-12)9-10-13/h5-8H,3-4,9-10H2,1-2H3. The van der Waals surface area contributed by atoms with E-state index in [4.69, 9.17) is 0 Å². The summed E-state index contributed by atoms with van der Waals surface area (Å²) in [4.78, 5) is 2.36. The van der Waals surface area contributed by atoms with E-state index in [0.717, 1.165) is 24.8 Å². The third kappa shape index (κ3) is 3.02. The third-order valence-corrected chi connectivity index (χ3v) is 2.84. The highest BCUT2D eigenvalue weighted by Gasteiger charge is 2.00. The van der Waals surface area contributed by atoms with Crippen LogP contribution in [0.1, 0.15) is 19.4 Å². The van der Waals surface area contributed by atoms with Gasteiger partial charge in [0, 0.05) is 24.1 Å². The highest BCUT2D eigenvalue weighted by Crippen LogP contribution is 2.15. The second kappa shape index (κ2) is 6.07. The van der Waals surface area contributed by atoms with Crippen molar-refractivity contribution in [1.82, 2.24) is 0 Å². The first kappa shape index (κ1) is 11.6. The molecule has 78 valence electrons. The third-order valence-electron chi connectivity index (χ3n) is 2.45. The van der Waals surface area contributed by atoms with Gasteiger partial charge >= 0.3 is 0 Å². The van der Waals surface area contributed by atoms with E-state index in [-0.39, 0.29) is 0 Å². The molecule has 0 amide bonds. The number of hydrogen-bond donors (Lipinski definition) is 0. The number of hydrogen-bond acceptors (Lipinski definition) is 1. The molecule has 2 heteroatoms. The molecule has 0 spiro atoms.